The van der Waals surface area contributed by atoms with Gasteiger partial charge in [-0.05, 0) is 43.5 Å². The predicted octanol–water partition coefficient (Wildman–Crippen LogP) is 3.96. The summed E-state index contributed by atoms with van der Waals surface area (Å²) in [7, 11) is 0. The van der Waals surface area contributed by atoms with Crippen LogP contribution in [0, 0.1) is 0 Å². The number of rotatable bonds is 4. The van der Waals surface area contributed by atoms with Gasteiger partial charge in [-0.2, -0.15) is 0 Å². The Morgan fingerprint density at radius 2 is 2.04 bits per heavy atom. The molecule has 1 amide bonds. The van der Waals surface area contributed by atoms with E-state index in [2.05, 4.69) is 40.9 Å². The van der Waals surface area contributed by atoms with Crippen LogP contribution in [0.15, 0.2) is 54.9 Å². The molecule has 0 saturated carbocycles. The van der Waals surface area contributed by atoms with E-state index in [1.165, 1.54) is 10.9 Å². The van der Waals surface area contributed by atoms with Gasteiger partial charge in [-0.15, -0.1) is 0 Å². The third-order valence-electron chi connectivity index (χ3n) is 5.16. The fourth-order valence-corrected chi connectivity index (χ4v) is 3.94. The van der Waals surface area contributed by atoms with Gasteiger partial charge in [-0.1, -0.05) is 24.3 Å². The number of amides is 1. The van der Waals surface area contributed by atoms with Gasteiger partial charge in [0.25, 0.3) is 0 Å². The van der Waals surface area contributed by atoms with Crippen molar-refractivity contribution in [2.24, 2.45) is 0 Å². The highest BCUT2D eigenvalue weighted by Gasteiger charge is 2.31. The number of carbonyl (C=O) groups excluding carboxylic acids is 1. The van der Waals surface area contributed by atoms with Crippen molar-refractivity contribution in [1.29, 1.82) is 0 Å². The zero-order chi connectivity index (χ0) is 17.2. The molecule has 0 bridgehead atoms. The van der Waals surface area contributed by atoms with Crippen molar-refractivity contribution in [3.05, 3.63) is 66.1 Å². The summed E-state index contributed by atoms with van der Waals surface area (Å²) in [6, 6.07) is 14.4. The average Bonchev–Trinajstić information content (AvgIpc) is 3.28. The molecule has 0 N–H and O–H groups in total. The summed E-state index contributed by atoms with van der Waals surface area (Å²) in [5.74, 6) is 0.201. The van der Waals surface area contributed by atoms with Crippen LogP contribution < -0.4 is 0 Å². The fourth-order valence-electron chi connectivity index (χ4n) is 3.94. The van der Waals surface area contributed by atoms with Crippen LogP contribution in [-0.2, 0) is 17.8 Å². The van der Waals surface area contributed by atoms with Gasteiger partial charge < -0.3 is 9.47 Å². The van der Waals surface area contributed by atoms with Crippen molar-refractivity contribution in [3.8, 4) is 0 Å². The first-order chi connectivity index (χ1) is 12.3. The van der Waals surface area contributed by atoms with E-state index in [0.29, 0.717) is 6.42 Å². The molecule has 0 spiro atoms. The van der Waals surface area contributed by atoms with Crippen molar-refractivity contribution in [2.75, 3.05) is 6.54 Å². The number of aromatic nitrogens is 2. The number of benzene rings is 1. The van der Waals surface area contributed by atoms with Crippen LogP contribution in [0.1, 0.15) is 37.1 Å². The minimum absolute atomic E-state index is 0.119. The zero-order valence-electron chi connectivity index (χ0n) is 14.6. The molecular formula is C21H23N3O. The lowest BCUT2D eigenvalue weighted by Gasteiger charge is -2.24. The smallest absolute Gasteiger partial charge is 0.227 e. The number of hydrogen-bond acceptors (Lipinski definition) is 2. The molecule has 128 valence electrons. The number of carbonyl (C=O) groups is 1. The van der Waals surface area contributed by atoms with Gasteiger partial charge in [-0.25, -0.2) is 0 Å². The fraction of sp³-hybridized carbons (Fsp3) is 0.333. The summed E-state index contributed by atoms with van der Waals surface area (Å²) in [6.07, 6.45) is 6.44. The minimum atomic E-state index is 0.119. The predicted molar refractivity (Wildman–Crippen MR) is 99.2 cm³/mol. The lowest BCUT2D eigenvalue weighted by molar-refractivity contribution is -0.131. The van der Waals surface area contributed by atoms with Crippen LogP contribution >= 0.6 is 0 Å². The largest absolute Gasteiger partial charge is 0.347 e. The molecule has 1 fully saturated rings. The van der Waals surface area contributed by atoms with Crippen LogP contribution in [0.3, 0.4) is 0 Å². The summed E-state index contributed by atoms with van der Waals surface area (Å²) >= 11 is 0. The number of pyridine rings is 1. The molecule has 1 aromatic carbocycles. The molecule has 1 aliphatic rings. The second-order valence-corrected chi connectivity index (χ2v) is 6.63. The van der Waals surface area contributed by atoms with Gasteiger partial charge in [0.2, 0.25) is 5.91 Å². The lowest BCUT2D eigenvalue weighted by Crippen LogP contribution is -2.32. The van der Waals surface area contributed by atoms with E-state index in [1.807, 2.05) is 35.4 Å². The number of hydrogen-bond donors (Lipinski definition) is 0. The van der Waals surface area contributed by atoms with Gasteiger partial charge in [0.05, 0.1) is 18.2 Å². The zero-order valence-corrected chi connectivity index (χ0v) is 14.6. The maximum absolute atomic E-state index is 13.0. The Kier molecular flexibility index (Phi) is 4.26. The van der Waals surface area contributed by atoms with Crippen LogP contribution in [0.5, 0.6) is 0 Å². The first-order valence-corrected chi connectivity index (χ1v) is 9.05. The van der Waals surface area contributed by atoms with Crippen LogP contribution in [0.25, 0.3) is 10.9 Å². The molecule has 3 heterocycles. The quantitative estimate of drug-likeness (QED) is 0.725. The molecular weight excluding hydrogens is 310 g/mol. The molecule has 0 unspecified atom stereocenters. The summed E-state index contributed by atoms with van der Waals surface area (Å²) < 4.78 is 2.22. The first kappa shape index (κ1) is 15.9. The third kappa shape index (κ3) is 2.93. The van der Waals surface area contributed by atoms with Crippen molar-refractivity contribution in [2.45, 2.75) is 38.8 Å². The average molecular weight is 333 g/mol. The standard InChI is InChI=1S/C21H23N3O/c1-2-23-15-16(17-8-3-4-10-19(17)23)14-21(25)24-13-7-11-20(24)18-9-5-6-12-22-18/h3-6,8-10,12,15,20H,2,7,11,13-14H2,1H3/t20-/m0/s1. The molecule has 1 atom stereocenters. The third-order valence-corrected chi connectivity index (χ3v) is 5.16. The molecule has 2 aromatic heterocycles. The number of para-hydroxylation sites is 1. The van der Waals surface area contributed by atoms with E-state index in [-0.39, 0.29) is 11.9 Å². The molecule has 4 nitrogen and oxygen atoms in total. The second kappa shape index (κ2) is 6.71. The van der Waals surface area contributed by atoms with Crippen LogP contribution in [0.4, 0.5) is 0 Å². The molecule has 4 heteroatoms. The molecule has 1 aliphatic heterocycles. The normalized spacial score (nSPS) is 17.3. The Bertz CT molecular complexity index is 885. The van der Waals surface area contributed by atoms with Crippen LogP contribution in [0.2, 0.25) is 0 Å². The van der Waals surface area contributed by atoms with Gasteiger partial charge >= 0.3 is 0 Å². The molecule has 1 saturated heterocycles. The first-order valence-electron chi connectivity index (χ1n) is 9.05. The monoisotopic (exact) mass is 333 g/mol. The molecule has 25 heavy (non-hydrogen) atoms. The Labute approximate surface area is 148 Å². The van der Waals surface area contributed by atoms with Gasteiger partial charge in [-0.3, -0.25) is 9.78 Å². The maximum atomic E-state index is 13.0. The Morgan fingerprint density at radius 3 is 2.84 bits per heavy atom. The minimum Gasteiger partial charge on any atom is -0.347 e. The second-order valence-electron chi connectivity index (χ2n) is 6.63. The number of fused-ring (bicyclic) bond motifs is 1. The molecule has 0 aliphatic carbocycles. The highest BCUT2D eigenvalue weighted by atomic mass is 16.2. The summed E-state index contributed by atoms with van der Waals surface area (Å²) in [5, 5.41) is 1.19. The molecule has 4 rings (SSSR count). The SMILES string of the molecule is CCn1cc(CC(=O)N2CCC[C@H]2c2ccccn2)c2ccccc21. The van der Waals surface area contributed by atoms with E-state index in [4.69, 9.17) is 0 Å². The number of aryl methyl sites for hydroxylation is 1. The van der Waals surface area contributed by atoms with Gasteiger partial charge in [0, 0.05) is 36.4 Å². The topological polar surface area (TPSA) is 38.1 Å². The lowest BCUT2D eigenvalue weighted by atomic mass is 10.1. The number of likely N-dealkylation sites (tertiary alicyclic amines) is 1. The Balaban J connectivity index is 1.60. The van der Waals surface area contributed by atoms with E-state index in [0.717, 1.165) is 37.2 Å². The van der Waals surface area contributed by atoms with Gasteiger partial charge in [0.1, 0.15) is 0 Å². The van der Waals surface area contributed by atoms with E-state index in [1.54, 1.807) is 0 Å². The summed E-state index contributed by atoms with van der Waals surface area (Å²) in [5.41, 5.74) is 3.33. The van der Waals surface area contributed by atoms with Crippen LogP contribution in [-0.4, -0.2) is 26.9 Å². The van der Waals surface area contributed by atoms with Gasteiger partial charge in [0.15, 0.2) is 0 Å². The summed E-state index contributed by atoms with van der Waals surface area (Å²) in [6.45, 7) is 3.87. The maximum Gasteiger partial charge on any atom is 0.227 e. The van der Waals surface area contributed by atoms with E-state index in [9.17, 15) is 4.79 Å². The van der Waals surface area contributed by atoms with Crippen molar-refractivity contribution >= 4 is 16.8 Å². The van der Waals surface area contributed by atoms with E-state index < -0.39 is 0 Å². The van der Waals surface area contributed by atoms with Crippen molar-refractivity contribution in [1.82, 2.24) is 14.5 Å². The number of nitrogens with zero attached hydrogens (tertiary/aromatic N) is 3. The summed E-state index contributed by atoms with van der Waals surface area (Å²) in [4.78, 5) is 19.5. The Morgan fingerprint density at radius 1 is 1.20 bits per heavy atom. The Hall–Kier alpha value is -2.62. The molecule has 3 aromatic rings. The van der Waals surface area contributed by atoms with Crippen molar-refractivity contribution < 1.29 is 4.79 Å². The highest BCUT2D eigenvalue weighted by molar-refractivity contribution is 5.89. The molecule has 0 radical (unpaired) electrons. The van der Waals surface area contributed by atoms with E-state index >= 15 is 0 Å². The van der Waals surface area contributed by atoms with Crippen molar-refractivity contribution in [3.63, 3.8) is 0 Å². The highest BCUT2D eigenvalue weighted by Crippen LogP contribution is 2.32.